The molecule has 0 radical (unpaired) electrons. The summed E-state index contributed by atoms with van der Waals surface area (Å²) in [5.74, 6) is 0.856. The number of nitrogens with zero attached hydrogens (tertiary/aromatic N) is 1. The van der Waals surface area contributed by atoms with Crippen LogP contribution in [0.4, 0.5) is 0 Å². The highest BCUT2D eigenvalue weighted by Crippen LogP contribution is 1.94. The van der Waals surface area contributed by atoms with E-state index in [1.807, 2.05) is 18.7 Å². The quantitative estimate of drug-likeness (QED) is 0.614. The first kappa shape index (κ1) is 9.82. The van der Waals surface area contributed by atoms with Gasteiger partial charge in [0.1, 0.15) is 0 Å². The molecule has 0 spiro atoms. The molecular formula is C7H15NOS. The van der Waals surface area contributed by atoms with Gasteiger partial charge < -0.3 is 4.90 Å². The summed E-state index contributed by atoms with van der Waals surface area (Å²) in [4.78, 5) is 12.9. The first-order chi connectivity index (χ1) is 4.76. The number of carbonyl (C=O) groups is 1. The van der Waals surface area contributed by atoms with Gasteiger partial charge in [-0.1, -0.05) is 0 Å². The predicted octanol–water partition coefficient (Wildman–Crippen LogP) is 1.17. The summed E-state index contributed by atoms with van der Waals surface area (Å²) in [6.45, 7) is 5.59. The van der Waals surface area contributed by atoms with Gasteiger partial charge in [-0.3, -0.25) is 4.79 Å². The lowest BCUT2D eigenvalue weighted by molar-refractivity contribution is -0.130. The summed E-state index contributed by atoms with van der Waals surface area (Å²) in [5.41, 5.74) is 0. The molecule has 3 heteroatoms. The van der Waals surface area contributed by atoms with Crippen molar-refractivity contribution in [1.29, 1.82) is 0 Å². The normalized spacial score (nSPS) is 9.50. The molecule has 0 aliphatic heterocycles. The van der Waals surface area contributed by atoms with E-state index >= 15 is 0 Å². The summed E-state index contributed by atoms with van der Waals surface area (Å²) in [6.07, 6.45) is 0.560. The number of hydrogen-bond acceptors (Lipinski definition) is 2. The van der Waals surface area contributed by atoms with E-state index in [2.05, 4.69) is 12.6 Å². The molecule has 0 fully saturated rings. The van der Waals surface area contributed by atoms with Gasteiger partial charge in [0.05, 0.1) is 0 Å². The Morgan fingerprint density at radius 1 is 1.40 bits per heavy atom. The molecule has 0 aliphatic carbocycles. The standard InChI is InChI=1S/C7H15NOS/c1-3-8(4-2)7(9)5-6-10/h10H,3-6H2,1-2H3. The van der Waals surface area contributed by atoms with E-state index in [0.717, 1.165) is 13.1 Å². The summed E-state index contributed by atoms with van der Waals surface area (Å²) in [5, 5.41) is 0. The first-order valence-corrected chi connectivity index (χ1v) is 4.28. The SMILES string of the molecule is CCN(CC)C(=O)CCS. The highest BCUT2D eigenvalue weighted by molar-refractivity contribution is 7.80. The largest absolute Gasteiger partial charge is 0.343 e. The number of rotatable bonds is 4. The molecule has 0 bridgehead atoms. The van der Waals surface area contributed by atoms with Crippen LogP contribution in [-0.4, -0.2) is 29.6 Å². The molecule has 0 aliphatic rings. The first-order valence-electron chi connectivity index (χ1n) is 3.64. The predicted molar refractivity (Wildman–Crippen MR) is 46.4 cm³/mol. The van der Waals surface area contributed by atoms with E-state index in [-0.39, 0.29) is 5.91 Å². The Balaban J connectivity index is 3.65. The van der Waals surface area contributed by atoms with Crippen LogP contribution in [0.2, 0.25) is 0 Å². The third-order valence-electron chi connectivity index (χ3n) is 1.44. The number of thiol groups is 1. The zero-order valence-corrected chi connectivity index (χ0v) is 7.53. The van der Waals surface area contributed by atoms with Crippen LogP contribution in [0, 0.1) is 0 Å². The molecule has 60 valence electrons. The van der Waals surface area contributed by atoms with Crippen molar-refractivity contribution in [2.24, 2.45) is 0 Å². The zero-order chi connectivity index (χ0) is 7.98. The van der Waals surface area contributed by atoms with Crippen molar-refractivity contribution in [2.45, 2.75) is 20.3 Å². The van der Waals surface area contributed by atoms with Gasteiger partial charge in [-0.15, -0.1) is 0 Å². The van der Waals surface area contributed by atoms with Gasteiger partial charge in [0, 0.05) is 19.5 Å². The fourth-order valence-corrected chi connectivity index (χ4v) is 1.02. The molecule has 0 unspecified atom stereocenters. The molecule has 2 nitrogen and oxygen atoms in total. The summed E-state index contributed by atoms with van der Waals surface area (Å²) in [6, 6.07) is 0. The van der Waals surface area contributed by atoms with Crippen molar-refractivity contribution < 1.29 is 4.79 Å². The van der Waals surface area contributed by atoms with Gasteiger partial charge in [-0.05, 0) is 19.6 Å². The van der Waals surface area contributed by atoms with Gasteiger partial charge in [-0.2, -0.15) is 12.6 Å². The van der Waals surface area contributed by atoms with Crippen molar-refractivity contribution >= 4 is 18.5 Å². The summed E-state index contributed by atoms with van der Waals surface area (Å²) in [7, 11) is 0. The van der Waals surface area contributed by atoms with Crippen molar-refractivity contribution in [3.05, 3.63) is 0 Å². The van der Waals surface area contributed by atoms with Crippen LogP contribution in [0.5, 0.6) is 0 Å². The maximum Gasteiger partial charge on any atom is 0.223 e. The lowest BCUT2D eigenvalue weighted by atomic mass is 10.4. The van der Waals surface area contributed by atoms with E-state index < -0.39 is 0 Å². The zero-order valence-electron chi connectivity index (χ0n) is 6.63. The monoisotopic (exact) mass is 161 g/mol. The Hall–Kier alpha value is -0.180. The van der Waals surface area contributed by atoms with Crippen molar-refractivity contribution in [3.8, 4) is 0 Å². The highest BCUT2D eigenvalue weighted by Gasteiger charge is 2.06. The minimum Gasteiger partial charge on any atom is -0.343 e. The minimum atomic E-state index is 0.208. The third kappa shape index (κ3) is 3.11. The fraction of sp³-hybridized carbons (Fsp3) is 0.857. The Morgan fingerprint density at radius 3 is 2.20 bits per heavy atom. The lowest BCUT2D eigenvalue weighted by Crippen LogP contribution is -2.30. The molecule has 0 heterocycles. The van der Waals surface area contributed by atoms with Gasteiger partial charge in [0.15, 0.2) is 0 Å². The van der Waals surface area contributed by atoms with Crippen LogP contribution >= 0.6 is 12.6 Å². The molecule has 0 aromatic heterocycles. The molecule has 0 saturated heterocycles. The van der Waals surface area contributed by atoms with Crippen LogP contribution < -0.4 is 0 Å². The Morgan fingerprint density at radius 2 is 1.90 bits per heavy atom. The molecule has 0 N–H and O–H groups in total. The molecular weight excluding hydrogens is 146 g/mol. The van der Waals surface area contributed by atoms with E-state index in [9.17, 15) is 4.79 Å². The molecule has 0 aromatic rings. The van der Waals surface area contributed by atoms with Gasteiger partial charge in [0.2, 0.25) is 5.91 Å². The molecule has 0 rings (SSSR count). The van der Waals surface area contributed by atoms with Crippen molar-refractivity contribution in [3.63, 3.8) is 0 Å². The Kier molecular flexibility index (Phi) is 5.49. The molecule has 0 aromatic carbocycles. The molecule has 10 heavy (non-hydrogen) atoms. The molecule has 0 saturated carbocycles. The third-order valence-corrected chi connectivity index (χ3v) is 1.67. The second-order valence-corrected chi connectivity index (χ2v) is 2.49. The smallest absolute Gasteiger partial charge is 0.223 e. The maximum atomic E-state index is 11.1. The van der Waals surface area contributed by atoms with Crippen LogP contribution in [-0.2, 0) is 4.79 Å². The maximum absolute atomic E-state index is 11.1. The molecule has 0 atom stereocenters. The number of amides is 1. The summed E-state index contributed by atoms with van der Waals surface area (Å²) < 4.78 is 0. The summed E-state index contributed by atoms with van der Waals surface area (Å²) >= 11 is 3.98. The second kappa shape index (κ2) is 5.59. The van der Waals surface area contributed by atoms with Crippen LogP contribution in [0.1, 0.15) is 20.3 Å². The highest BCUT2D eigenvalue weighted by atomic mass is 32.1. The van der Waals surface area contributed by atoms with Crippen LogP contribution in [0.3, 0.4) is 0 Å². The minimum absolute atomic E-state index is 0.208. The van der Waals surface area contributed by atoms with Crippen LogP contribution in [0.15, 0.2) is 0 Å². The van der Waals surface area contributed by atoms with E-state index in [1.165, 1.54) is 0 Å². The van der Waals surface area contributed by atoms with E-state index in [1.54, 1.807) is 0 Å². The van der Waals surface area contributed by atoms with Gasteiger partial charge in [-0.25, -0.2) is 0 Å². The van der Waals surface area contributed by atoms with Crippen LogP contribution in [0.25, 0.3) is 0 Å². The van der Waals surface area contributed by atoms with E-state index in [4.69, 9.17) is 0 Å². The average molecular weight is 161 g/mol. The van der Waals surface area contributed by atoms with E-state index in [0.29, 0.717) is 12.2 Å². The second-order valence-electron chi connectivity index (χ2n) is 2.04. The Labute approximate surface area is 68.0 Å². The molecule has 1 amide bonds. The fourth-order valence-electron chi connectivity index (χ4n) is 0.830. The topological polar surface area (TPSA) is 20.3 Å². The number of hydrogen-bond donors (Lipinski definition) is 1. The number of carbonyl (C=O) groups excluding carboxylic acids is 1. The van der Waals surface area contributed by atoms with Gasteiger partial charge >= 0.3 is 0 Å². The van der Waals surface area contributed by atoms with Crippen molar-refractivity contribution in [1.82, 2.24) is 4.90 Å². The average Bonchev–Trinajstić information content (AvgIpc) is 1.91. The Bertz CT molecular complexity index is 102. The van der Waals surface area contributed by atoms with Crippen molar-refractivity contribution in [2.75, 3.05) is 18.8 Å². The van der Waals surface area contributed by atoms with Gasteiger partial charge in [0.25, 0.3) is 0 Å². The lowest BCUT2D eigenvalue weighted by Gasteiger charge is -2.17.